The fraction of sp³-hybridized carbons (Fsp3) is 0.235. The number of aromatic nitrogens is 1. The summed E-state index contributed by atoms with van der Waals surface area (Å²) in [6, 6.07) is 10.4. The summed E-state index contributed by atoms with van der Waals surface area (Å²) in [6.07, 6.45) is 3.92. The number of fused-ring (bicyclic) bond motifs is 2. The van der Waals surface area contributed by atoms with Gasteiger partial charge < -0.3 is 0 Å². The van der Waals surface area contributed by atoms with Crippen LogP contribution in [0.1, 0.15) is 36.2 Å². The van der Waals surface area contributed by atoms with Crippen molar-refractivity contribution in [2.45, 2.75) is 26.7 Å². The smallest absolute Gasteiger partial charge is 0.0739 e. The molecule has 2 aromatic rings. The van der Waals surface area contributed by atoms with Crippen LogP contribution in [0, 0.1) is 0 Å². The van der Waals surface area contributed by atoms with Crippen molar-refractivity contribution < 1.29 is 0 Å². The first-order chi connectivity index (χ1) is 9.16. The van der Waals surface area contributed by atoms with Crippen molar-refractivity contribution in [2.24, 2.45) is 0 Å². The zero-order chi connectivity index (χ0) is 13.4. The SMILES string of the molecule is CC(C)=C1c2ccc(Cl)cc2CCc2cccnc21. The Bertz CT molecular complexity index is 667. The molecule has 1 aromatic carbocycles. The second-order valence-corrected chi connectivity index (χ2v) is 5.62. The zero-order valence-corrected chi connectivity index (χ0v) is 12.0. The highest BCUT2D eigenvalue weighted by atomic mass is 35.5. The fourth-order valence-corrected chi connectivity index (χ4v) is 2.98. The maximum absolute atomic E-state index is 6.14. The number of halogens is 1. The second-order valence-electron chi connectivity index (χ2n) is 5.19. The van der Waals surface area contributed by atoms with E-state index >= 15 is 0 Å². The van der Waals surface area contributed by atoms with Crippen molar-refractivity contribution in [1.29, 1.82) is 0 Å². The van der Waals surface area contributed by atoms with Crippen molar-refractivity contribution >= 4 is 17.2 Å². The fourth-order valence-electron chi connectivity index (χ4n) is 2.78. The van der Waals surface area contributed by atoms with Gasteiger partial charge in [0.15, 0.2) is 0 Å². The van der Waals surface area contributed by atoms with Gasteiger partial charge in [0, 0.05) is 16.8 Å². The van der Waals surface area contributed by atoms with Crippen LogP contribution >= 0.6 is 11.6 Å². The predicted molar refractivity (Wildman–Crippen MR) is 80.5 cm³/mol. The summed E-state index contributed by atoms with van der Waals surface area (Å²) in [7, 11) is 0. The van der Waals surface area contributed by atoms with E-state index in [1.165, 1.54) is 27.8 Å². The predicted octanol–water partition coefficient (Wildman–Crippen LogP) is 4.68. The number of hydrogen-bond acceptors (Lipinski definition) is 1. The molecule has 1 nitrogen and oxygen atoms in total. The molecule has 0 aliphatic heterocycles. The molecular weight excluding hydrogens is 254 g/mol. The number of nitrogens with zero attached hydrogens (tertiary/aromatic N) is 1. The zero-order valence-electron chi connectivity index (χ0n) is 11.2. The van der Waals surface area contributed by atoms with E-state index < -0.39 is 0 Å². The molecule has 0 unspecified atom stereocenters. The van der Waals surface area contributed by atoms with Gasteiger partial charge in [-0.05, 0) is 61.6 Å². The Morgan fingerprint density at radius 2 is 1.89 bits per heavy atom. The second kappa shape index (κ2) is 4.82. The van der Waals surface area contributed by atoms with E-state index in [9.17, 15) is 0 Å². The van der Waals surface area contributed by atoms with Crippen molar-refractivity contribution in [3.05, 3.63) is 69.5 Å². The molecule has 0 N–H and O–H groups in total. The summed E-state index contributed by atoms with van der Waals surface area (Å²) in [4.78, 5) is 4.61. The minimum absolute atomic E-state index is 0.811. The number of rotatable bonds is 0. The van der Waals surface area contributed by atoms with Crippen LogP contribution in [0.2, 0.25) is 5.02 Å². The highest BCUT2D eigenvalue weighted by Gasteiger charge is 2.19. The van der Waals surface area contributed by atoms with Gasteiger partial charge in [0.25, 0.3) is 0 Å². The minimum atomic E-state index is 0.811. The monoisotopic (exact) mass is 269 g/mol. The van der Waals surface area contributed by atoms with Crippen molar-refractivity contribution in [2.75, 3.05) is 0 Å². The molecule has 0 amide bonds. The van der Waals surface area contributed by atoms with E-state index in [2.05, 4.69) is 37.0 Å². The third kappa shape index (κ3) is 2.19. The number of allylic oxidation sites excluding steroid dienone is 1. The molecule has 1 aromatic heterocycles. The summed E-state index contributed by atoms with van der Waals surface area (Å²) in [6.45, 7) is 4.30. The molecule has 1 heterocycles. The Labute approximate surface area is 119 Å². The lowest BCUT2D eigenvalue weighted by atomic mass is 9.94. The van der Waals surface area contributed by atoms with Crippen molar-refractivity contribution in [3.63, 3.8) is 0 Å². The molecule has 2 heteroatoms. The van der Waals surface area contributed by atoms with Crippen molar-refractivity contribution in [3.8, 4) is 0 Å². The van der Waals surface area contributed by atoms with Crippen LogP contribution in [-0.4, -0.2) is 4.98 Å². The number of pyridine rings is 1. The highest BCUT2D eigenvalue weighted by Crippen LogP contribution is 2.35. The summed E-state index contributed by atoms with van der Waals surface area (Å²) in [5, 5.41) is 0.811. The summed E-state index contributed by atoms with van der Waals surface area (Å²) >= 11 is 6.14. The first-order valence-electron chi connectivity index (χ1n) is 6.57. The summed E-state index contributed by atoms with van der Waals surface area (Å²) < 4.78 is 0. The topological polar surface area (TPSA) is 12.9 Å². The number of hydrogen-bond donors (Lipinski definition) is 0. The quantitative estimate of drug-likeness (QED) is 0.677. The molecule has 0 fully saturated rings. The Balaban J connectivity index is 2.31. The lowest BCUT2D eigenvalue weighted by molar-refractivity contribution is 0.955. The van der Waals surface area contributed by atoms with Crippen LogP contribution in [0.4, 0.5) is 0 Å². The third-order valence-corrected chi connectivity index (χ3v) is 3.86. The molecule has 96 valence electrons. The highest BCUT2D eigenvalue weighted by molar-refractivity contribution is 6.30. The summed E-state index contributed by atoms with van der Waals surface area (Å²) in [5.74, 6) is 0. The molecule has 0 bridgehead atoms. The molecule has 0 saturated carbocycles. The van der Waals surface area contributed by atoms with Crippen LogP contribution in [0.3, 0.4) is 0 Å². The van der Waals surface area contributed by atoms with Gasteiger partial charge in [-0.2, -0.15) is 0 Å². The molecule has 0 radical (unpaired) electrons. The molecule has 3 rings (SSSR count). The molecule has 1 aliphatic carbocycles. The number of benzene rings is 1. The summed E-state index contributed by atoms with van der Waals surface area (Å²) in [5.41, 5.74) is 7.61. The third-order valence-electron chi connectivity index (χ3n) is 3.63. The van der Waals surface area contributed by atoms with Crippen LogP contribution < -0.4 is 0 Å². The molecular formula is C17H16ClN. The first kappa shape index (κ1) is 12.4. The maximum Gasteiger partial charge on any atom is 0.0739 e. The van der Waals surface area contributed by atoms with Gasteiger partial charge in [-0.3, -0.25) is 4.98 Å². The Morgan fingerprint density at radius 1 is 1.11 bits per heavy atom. The van der Waals surface area contributed by atoms with Gasteiger partial charge in [0.1, 0.15) is 0 Å². The molecule has 0 saturated heterocycles. The molecule has 1 aliphatic rings. The largest absolute Gasteiger partial charge is 0.256 e. The Morgan fingerprint density at radius 3 is 2.68 bits per heavy atom. The van der Waals surface area contributed by atoms with E-state index in [1.807, 2.05) is 18.3 Å². The average Bonchev–Trinajstić information content (AvgIpc) is 2.55. The van der Waals surface area contributed by atoms with Crippen LogP contribution in [-0.2, 0) is 12.8 Å². The molecule has 19 heavy (non-hydrogen) atoms. The van der Waals surface area contributed by atoms with E-state index in [-0.39, 0.29) is 0 Å². The number of aryl methyl sites for hydroxylation is 2. The Kier molecular flexibility index (Phi) is 3.16. The lowest BCUT2D eigenvalue weighted by Gasteiger charge is -2.13. The average molecular weight is 270 g/mol. The van der Waals surface area contributed by atoms with E-state index in [0.29, 0.717) is 0 Å². The van der Waals surface area contributed by atoms with Gasteiger partial charge in [-0.15, -0.1) is 0 Å². The first-order valence-corrected chi connectivity index (χ1v) is 6.95. The molecule has 0 spiro atoms. The van der Waals surface area contributed by atoms with Crippen LogP contribution in [0.15, 0.2) is 42.1 Å². The van der Waals surface area contributed by atoms with Crippen LogP contribution in [0.5, 0.6) is 0 Å². The van der Waals surface area contributed by atoms with Gasteiger partial charge in [-0.25, -0.2) is 0 Å². The Hall–Kier alpha value is -1.60. The lowest BCUT2D eigenvalue weighted by Crippen LogP contribution is -1.97. The normalized spacial score (nSPS) is 13.5. The van der Waals surface area contributed by atoms with Crippen molar-refractivity contribution in [1.82, 2.24) is 4.98 Å². The van der Waals surface area contributed by atoms with Gasteiger partial charge in [-0.1, -0.05) is 29.3 Å². The van der Waals surface area contributed by atoms with E-state index in [4.69, 9.17) is 11.6 Å². The molecule has 0 atom stereocenters. The maximum atomic E-state index is 6.14. The van der Waals surface area contributed by atoms with Crippen LogP contribution in [0.25, 0.3) is 5.57 Å². The van der Waals surface area contributed by atoms with E-state index in [1.54, 1.807) is 0 Å². The minimum Gasteiger partial charge on any atom is -0.256 e. The van der Waals surface area contributed by atoms with E-state index in [0.717, 1.165) is 23.6 Å². The standard InChI is InChI=1S/C17H16ClN/c1-11(2)16-15-8-7-14(18)10-13(15)6-5-12-4-3-9-19-17(12)16/h3-4,7-10H,5-6H2,1-2H3. The van der Waals surface area contributed by atoms with Gasteiger partial charge in [0.2, 0.25) is 0 Å². The van der Waals surface area contributed by atoms with Gasteiger partial charge >= 0.3 is 0 Å². The van der Waals surface area contributed by atoms with Gasteiger partial charge in [0.05, 0.1) is 5.69 Å².